The molecule has 0 atom stereocenters. The third-order valence-electron chi connectivity index (χ3n) is 9.40. The maximum Gasteiger partial charge on any atom is 0.229 e. The van der Waals surface area contributed by atoms with Gasteiger partial charge in [0.1, 0.15) is 23.1 Å². The number of hydrogen-bond acceptors (Lipinski definition) is 8. The highest BCUT2D eigenvalue weighted by Gasteiger charge is 2.38. The van der Waals surface area contributed by atoms with Crippen LogP contribution < -0.4 is 10.6 Å². The van der Waals surface area contributed by atoms with Crippen LogP contribution in [0, 0.1) is 37.3 Å². The van der Waals surface area contributed by atoms with Gasteiger partial charge in [-0.25, -0.2) is 8.78 Å². The summed E-state index contributed by atoms with van der Waals surface area (Å²) in [7, 11) is 0. The van der Waals surface area contributed by atoms with Crippen molar-refractivity contribution in [2.24, 2.45) is 11.8 Å². The molecule has 4 aromatic carbocycles. The number of nitrogens with one attached hydrogen (secondary N) is 2. The van der Waals surface area contributed by atoms with Crippen molar-refractivity contribution in [3.8, 4) is 22.6 Å². The lowest BCUT2D eigenvalue weighted by Gasteiger charge is -2.29. The lowest BCUT2D eigenvalue weighted by atomic mass is 9.75. The largest absolute Gasteiger partial charge is 0.507 e. The molecule has 0 saturated heterocycles. The number of benzene rings is 4. The maximum atomic E-state index is 13.8. The lowest BCUT2D eigenvalue weighted by Crippen LogP contribution is -2.20. The van der Waals surface area contributed by atoms with Crippen LogP contribution in [0.1, 0.15) is 61.1 Å². The number of carbonyl (C=O) groups is 2. The van der Waals surface area contributed by atoms with Crippen LogP contribution in [0.25, 0.3) is 33.4 Å². The quantitative estimate of drug-likeness (QED) is 0.105. The van der Waals surface area contributed by atoms with Crippen molar-refractivity contribution in [3.05, 3.63) is 130 Å². The number of rotatable bonds is 7. The number of fused-ring (bicyclic) bond motifs is 2. The van der Waals surface area contributed by atoms with Crippen LogP contribution in [0.3, 0.4) is 0 Å². The summed E-state index contributed by atoms with van der Waals surface area (Å²) in [6, 6.07) is 14.3. The smallest absolute Gasteiger partial charge is 0.229 e. The lowest BCUT2D eigenvalue weighted by molar-refractivity contribution is -0.113. The summed E-state index contributed by atoms with van der Waals surface area (Å²) in [6.07, 6.45) is 2.67. The number of hydrogen-bond donors (Lipinski definition) is 6. The molecule has 0 unspecified atom stereocenters. The predicted octanol–water partition coefficient (Wildman–Crippen LogP) is 9.58. The standard InChI is InChI=1S/C42H38F2N2O6/c1-19(2)31-27-15-21(5)33(39(49)35(27)29(37(47)41(31)51)17-45-25-11-7-23(43)8-12-25)34-22(6)16-28-32(20(3)4)42(52)38(48)30(36(28)40(34)50)18-46-26-13-9-24(44)10-14-26/h7-20,45-46,49-52H,1-6H3/b29-17-,30-18-. The Morgan fingerprint density at radius 2 is 0.885 bits per heavy atom. The van der Waals surface area contributed by atoms with Crippen LogP contribution in [0.15, 0.2) is 84.6 Å². The molecule has 0 aromatic heterocycles. The van der Waals surface area contributed by atoms with E-state index >= 15 is 0 Å². The Kier molecular flexibility index (Phi) is 9.27. The number of halogens is 2. The van der Waals surface area contributed by atoms with Gasteiger partial charge in [0, 0.05) is 57.2 Å². The van der Waals surface area contributed by atoms with Crippen LogP contribution in [0.5, 0.6) is 11.5 Å². The van der Waals surface area contributed by atoms with Crippen molar-refractivity contribution in [3.63, 3.8) is 0 Å². The van der Waals surface area contributed by atoms with Crippen molar-refractivity contribution < 1.29 is 38.8 Å². The van der Waals surface area contributed by atoms with Crippen LogP contribution in [-0.4, -0.2) is 32.0 Å². The van der Waals surface area contributed by atoms with Crippen molar-refractivity contribution in [1.29, 1.82) is 0 Å². The predicted molar refractivity (Wildman–Crippen MR) is 199 cm³/mol. The molecule has 8 nitrogen and oxygen atoms in total. The molecule has 0 saturated carbocycles. The molecule has 6 rings (SSSR count). The minimum Gasteiger partial charge on any atom is -0.507 e. The number of allylic oxidation sites excluding steroid dienone is 4. The van der Waals surface area contributed by atoms with Gasteiger partial charge in [0.05, 0.1) is 11.1 Å². The molecule has 0 bridgehead atoms. The third-order valence-corrected chi connectivity index (χ3v) is 9.40. The normalized spacial score (nSPS) is 16.0. The number of carbonyl (C=O) groups excluding carboxylic acids is 2. The van der Waals surface area contributed by atoms with E-state index in [1.165, 1.54) is 60.9 Å². The van der Waals surface area contributed by atoms with E-state index in [0.717, 1.165) is 0 Å². The van der Waals surface area contributed by atoms with E-state index in [1.807, 2.05) is 27.7 Å². The van der Waals surface area contributed by atoms with Gasteiger partial charge in [0.15, 0.2) is 11.5 Å². The van der Waals surface area contributed by atoms with Crippen molar-refractivity contribution in [2.45, 2.75) is 41.5 Å². The first-order valence-corrected chi connectivity index (χ1v) is 16.8. The van der Waals surface area contributed by atoms with E-state index in [9.17, 15) is 38.8 Å². The number of phenols is 2. The van der Waals surface area contributed by atoms with Gasteiger partial charge in [-0.15, -0.1) is 0 Å². The summed E-state index contributed by atoms with van der Waals surface area (Å²) in [5.41, 5.74) is 3.87. The number of aliphatic hydroxyl groups is 2. The number of anilines is 2. The molecule has 0 spiro atoms. The Morgan fingerprint density at radius 3 is 1.19 bits per heavy atom. The van der Waals surface area contributed by atoms with E-state index in [0.29, 0.717) is 44.8 Å². The summed E-state index contributed by atoms with van der Waals surface area (Å²) in [6.45, 7) is 10.7. The monoisotopic (exact) mass is 704 g/mol. The number of phenolic OH excluding ortho intramolecular Hbond substituents is 2. The fourth-order valence-electron chi connectivity index (χ4n) is 7.03. The molecule has 266 valence electrons. The zero-order valence-corrected chi connectivity index (χ0v) is 29.4. The summed E-state index contributed by atoms with van der Waals surface area (Å²) >= 11 is 0. The molecule has 6 N–H and O–H groups in total. The summed E-state index contributed by atoms with van der Waals surface area (Å²) in [5, 5.41) is 52.7. The third kappa shape index (κ3) is 6.00. The van der Waals surface area contributed by atoms with Gasteiger partial charge in [-0.3, -0.25) is 9.59 Å². The molecule has 0 heterocycles. The highest BCUT2D eigenvalue weighted by Crippen LogP contribution is 2.53. The first-order chi connectivity index (χ1) is 24.6. The van der Waals surface area contributed by atoms with Crippen LogP contribution in [0.4, 0.5) is 20.2 Å². The topological polar surface area (TPSA) is 139 Å². The first-order valence-electron chi connectivity index (χ1n) is 16.8. The van der Waals surface area contributed by atoms with Crippen molar-refractivity contribution >= 4 is 45.2 Å². The molecular weight excluding hydrogens is 666 g/mol. The molecule has 2 aliphatic rings. The average Bonchev–Trinajstić information content (AvgIpc) is 3.08. The summed E-state index contributed by atoms with van der Waals surface area (Å²) in [4.78, 5) is 27.5. The number of aryl methyl sites for hydroxylation is 2. The zero-order chi connectivity index (χ0) is 37.8. The first kappa shape index (κ1) is 35.7. The second kappa shape index (κ2) is 13.5. The van der Waals surface area contributed by atoms with E-state index in [2.05, 4.69) is 10.6 Å². The van der Waals surface area contributed by atoms with Gasteiger partial charge in [0.25, 0.3) is 0 Å². The van der Waals surface area contributed by atoms with Crippen LogP contribution >= 0.6 is 0 Å². The van der Waals surface area contributed by atoms with E-state index in [-0.39, 0.29) is 56.7 Å². The second-order valence-corrected chi connectivity index (χ2v) is 13.6. The van der Waals surface area contributed by atoms with Crippen molar-refractivity contribution in [2.75, 3.05) is 10.6 Å². The van der Waals surface area contributed by atoms with Gasteiger partial charge in [-0.1, -0.05) is 39.8 Å². The molecule has 0 radical (unpaired) electrons. The SMILES string of the molecule is Cc1cc2c(c(O)c1-c1c(C)cc3c(c1O)/C(=C/Nc1ccc(F)cc1)C(=O)C(O)=C3C(C)C)/C(=C/Nc1ccc(F)cc1)C(=O)C(O)=C2C(C)C. The minimum absolute atomic E-state index is 0.0655. The number of ketones is 2. The molecule has 10 heteroatoms. The average molecular weight is 705 g/mol. The summed E-state index contributed by atoms with van der Waals surface area (Å²) < 4.78 is 27.2. The molecule has 0 amide bonds. The fraction of sp³-hybridized carbons (Fsp3) is 0.190. The van der Waals surface area contributed by atoms with Gasteiger partial charge in [-0.2, -0.15) is 0 Å². The molecular formula is C42H38F2N2O6. The highest BCUT2D eigenvalue weighted by molar-refractivity contribution is 6.35. The van der Waals surface area contributed by atoms with Gasteiger partial charge in [-0.05, 0) is 96.5 Å². The number of aromatic hydroxyl groups is 2. The van der Waals surface area contributed by atoms with Gasteiger partial charge in [0.2, 0.25) is 11.6 Å². The van der Waals surface area contributed by atoms with Crippen LogP contribution in [0.2, 0.25) is 0 Å². The fourth-order valence-corrected chi connectivity index (χ4v) is 7.03. The molecule has 52 heavy (non-hydrogen) atoms. The number of aliphatic hydroxyl groups excluding tert-OH is 2. The molecule has 2 aliphatic carbocycles. The van der Waals surface area contributed by atoms with Crippen molar-refractivity contribution in [1.82, 2.24) is 0 Å². The van der Waals surface area contributed by atoms with E-state index in [4.69, 9.17) is 0 Å². The maximum absolute atomic E-state index is 13.8. The Labute approximate surface area is 299 Å². The molecule has 0 fully saturated rings. The van der Waals surface area contributed by atoms with Crippen LogP contribution in [-0.2, 0) is 9.59 Å². The van der Waals surface area contributed by atoms with Gasteiger partial charge >= 0.3 is 0 Å². The Balaban J connectivity index is 1.62. The Morgan fingerprint density at radius 1 is 0.558 bits per heavy atom. The second-order valence-electron chi connectivity index (χ2n) is 13.6. The molecule has 4 aromatic rings. The van der Waals surface area contributed by atoms with E-state index in [1.54, 1.807) is 26.0 Å². The minimum atomic E-state index is -0.743. The number of Topliss-reactive ketones (excluding diaryl/α,β-unsaturated/α-hetero) is 2. The Hall–Kier alpha value is -6.16. The Bertz CT molecular complexity index is 2130. The molecule has 0 aliphatic heterocycles. The summed E-state index contributed by atoms with van der Waals surface area (Å²) in [5.74, 6) is -4.66. The van der Waals surface area contributed by atoms with Gasteiger partial charge < -0.3 is 31.1 Å². The van der Waals surface area contributed by atoms with E-state index < -0.39 is 34.7 Å². The zero-order valence-electron chi connectivity index (χ0n) is 29.4. The highest BCUT2D eigenvalue weighted by atomic mass is 19.1.